The fraction of sp³-hybridized carbons (Fsp3) is 0.200. The molecule has 132 valence electrons. The highest BCUT2D eigenvalue weighted by molar-refractivity contribution is 6.07. The number of Topliss-reactive ketones (excluding diaryl/α,β-unsaturated/α-hetero) is 1. The van der Waals surface area contributed by atoms with E-state index >= 15 is 0 Å². The zero-order valence-electron chi connectivity index (χ0n) is 14.1. The van der Waals surface area contributed by atoms with Gasteiger partial charge in [0.2, 0.25) is 0 Å². The maximum atomic E-state index is 14.2. The maximum Gasteiger partial charge on any atom is 0.336 e. The van der Waals surface area contributed by atoms with Crippen molar-refractivity contribution in [3.8, 4) is 5.75 Å². The van der Waals surface area contributed by atoms with Gasteiger partial charge < -0.3 is 9.15 Å². The summed E-state index contributed by atoms with van der Waals surface area (Å²) in [6, 6.07) is 6.10. The summed E-state index contributed by atoms with van der Waals surface area (Å²) in [6.07, 6.45) is -0.940. The number of rotatable bonds is 1. The van der Waals surface area contributed by atoms with Crippen LogP contribution in [0.5, 0.6) is 5.75 Å². The molecule has 0 fully saturated rings. The molecule has 0 bridgehead atoms. The van der Waals surface area contributed by atoms with Crippen molar-refractivity contribution in [3.63, 3.8) is 0 Å². The quantitative estimate of drug-likeness (QED) is 0.607. The Bertz CT molecular complexity index is 1130. The third-order valence-electron chi connectivity index (χ3n) is 4.60. The Morgan fingerprint density at radius 3 is 2.54 bits per heavy atom. The standard InChI is InChI=1S/C20H14F2O4/c1-9-5-16-19(10(2)6-17(24)25-16)20-18(9)14(23)8-15(26-20)12-4-3-11(21)7-13(12)22/h3-7,15H,8H2,1-2H3/t15-/m0/s1. The minimum Gasteiger partial charge on any atom is -0.484 e. The molecule has 0 spiro atoms. The third-order valence-corrected chi connectivity index (χ3v) is 4.60. The molecule has 1 atom stereocenters. The van der Waals surface area contributed by atoms with Gasteiger partial charge in [0.15, 0.2) is 5.78 Å². The van der Waals surface area contributed by atoms with Crippen LogP contribution in [-0.4, -0.2) is 5.78 Å². The van der Waals surface area contributed by atoms with Gasteiger partial charge in [0.05, 0.1) is 17.4 Å². The Labute approximate surface area is 147 Å². The van der Waals surface area contributed by atoms with Crippen molar-refractivity contribution in [3.05, 3.63) is 74.6 Å². The second kappa shape index (κ2) is 5.76. The minimum atomic E-state index is -0.882. The van der Waals surface area contributed by atoms with Crippen LogP contribution in [-0.2, 0) is 0 Å². The molecule has 1 aromatic heterocycles. The molecule has 0 radical (unpaired) electrons. The number of hydrogen-bond acceptors (Lipinski definition) is 4. The van der Waals surface area contributed by atoms with Crippen molar-refractivity contribution < 1.29 is 22.7 Å². The minimum absolute atomic E-state index is 0.0578. The number of carbonyl (C=O) groups excluding carboxylic acids is 1. The molecule has 4 nitrogen and oxygen atoms in total. The van der Waals surface area contributed by atoms with Crippen molar-refractivity contribution in [2.75, 3.05) is 0 Å². The highest BCUT2D eigenvalue weighted by Crippen LogP contribution is 2.42. The van der Waals surface area contributed by atoms with E-state index in [1.54, 1.807) is 19.9 Å². The monoisotopic (exact) mass is 356 g/mol. The lowest BCUT2D eigenvalue weighted by Gasteiger charge is -2.28. The number of ether oxygens (including phenoxy) is 1. The Balaban J connectivity index is 1.95. The summed E-state index contributed by atoms with van der Waals surface area (Å²) in [4.78, 5) is 24.4. The summed E-state index contributed by atoms with van der Waals surface area (Å²) in [5, 5.41) is 0.505. The molecule has 3 aromatic rings. The fourth-order valence-corrected chi connectivity index (χ4v) is 3.45. The number of halogens is 2. The fourth-order valence-electron chi connectivity index (χ4n) is 3.45. The van der Waals surface area contributed by atoms with Gasteiger partial charge in [-0.25, -0.2) is 13.6 Å². The topological polar surface area (TPSA) is 56.5 Å². The molecule has 0 amide bonds. The van der Waals surface area contributed by atoms with Crippen molar-refractivity contribution in [1.82, 2.24) is 0 Å². The van der Waals surface area contributed by atoms with E-state index in [4.69, 9.17) is 9.15 Å². The van der Waals surface area contributed by atoms with Crippen molar-refractivity contribution in [2.24, 2.45) is 0 Å². The zero-order valence-corrected chi connectivity index (χ0v) is 14.1. The molecule has 0 saturated carbocycles. The first-order valence-corrected chi connectivity index (χ1v) is 8.08. The van der Waals surface area contributed by atoms with Crippen molar-refractivity contribution >= 4 is 16.8 Å². The van der Waals surface area contributed by atoms with Gasteiger partial charge in [-0.3, -0.25) is 4.79 Å². The molecule has 2 aromatic carbocycles. The predicted octanol–water partition coefficient (Wildman–Crippen LogP) is 4.39. The normalized spacial score (nSPS) is 16.5. The summed E-state index contributed by atoms with van der Waals surface area (Å²) >= 11 is 0. The molecule has 2 heterocycles. The lowest BCUT2D eigenvalue weighted by atomic mass is 9.91. The van der Waals surface area contributed by atoms with E-state index in [-0.39, 0.29) is 23.5 Å². The summed E-state index contributed by atoms with van der Waals surface area (Å²) < 4.78 is 38.6. The van der Waals surface area contributed by atoms with Gasteiger partial charge in [-0.15, -0.1) is 0 Å². The number of fused-ring (bicyclic) bond motifs is 3. The van der Waals surface area contributed by atoms with Gasteiger partial charge in [0.1, 0.15) is 29.1 Å². The summed E-state index contributed by atoms with van der Waals surface area (Å²) in [6.45, 7) is 3.44. The third kappa shape index (κ3) is 2.49. The average molecular weight is 356 g/mol. The zero-order chi connectivity index (χ0) is 18.6. The van der Waals surface area contributed by atoms with Crippen LogP contribution in [0, 0.1) is 25.5 Å². The highest BCUT2D eigenvalue weighted by Gasteiger charge is 2.33. The van der Waals surface area contributed by atoms with Crippen molar-refractivity contribution in [2.45, 2.75) is 26.4 Å². The maximum absolute atomic E-state index is 14.2. The van der Waals surface area contributed by atoms with Gasteiger partial charge in [-0.05, 0) is 43.2 Å². The summed E-state index contributed by atoms with van der Waals surface area (Å²) in [5.74, 6) is -1.41. The van der Waals surface area contributed by atoms with Gasteiger partial charge >= 0.3 is 5.63 Å². The molecular formula is C20H14F2O4. The second-order valence-corrected chi connectivity index (χ2v) is 6.42. The summed E-state index contributed by atoms with van der Waals surface area (Å²) in [5.41, 5.74) is 1.52. The van der Waals surface area contributed by atoms with Gasteiger partial charge in [0, 0.05) is 17.7 Å². The average Bonchev–Trinajstić information content (AvgIpc) is 2.53. The van der Waals surface area contributed by atoms with E-state index in [1.165, 1.54) is 12.1 Å². The molecule has 26 heavy (non-hydrogen) atoms. The molecule has 1 aliphatic heterocycles. The van der Waals surface area contributed by atoms with E-state index < -0.39 is 23.4 Å². The van der Waals surface area contributed by atoms with Gasteiger partial charge in [0.25, 0.3) is 0 Å². The molecule has 6 heteroatoms. The van der Waals surface area contributed by atoms with E-state index in [0.29, 0.717) is 27.7 Å². The van der Waals surface area contributed by atoms with E-state index in [0.717, 1.165) is 12.1 Å². The SMILES string of the molecule is Cc1cc2oc(=O)cc(C)c2c2c1C(=O)C[C@@H](c1ccc(F)cc1F)O2. The lowest BCUT2D eigenvalue weighted by Crippen LogP contribution is -2.23. The highest BCUT2D eigenvalue weighted by atomic mass is 19.1. The Morgan fingerprint density at radius 2 is 1.81 bits per heavy atom. The molecule has 0 aliphatic carbocycles. The first kappa shape index (κ1) is 16.4. The van der Waals surface area contributed by atoms with Crippen LogP contribution in [0.1, 0.15) is 39.6 Å². The Hall–Kier alpha value is -3.02. The smallest absolute Gasteiger partial charge is 0.336 e. The van der Waals surface area contributed by atoms with Crippen LogP contribution in [0.3, 0.4) is 0 Å². The van der Waals surface area contributed by atoms with Gasteiger partial charge in [-0.2, -0.15) is 0 Å². The lowest BCUT2D eigenvalue weighted by molar-refractivity contribution is 0.0848. The number of carbonyl (C=O) groups is 1. The van der Waals surface area contributed by atoms with Crippen LogP contribution >= 0.6 is 0 Å². The molecule has 0 unspecified atom stereocenters. The number of ketones is 1. The molecular weight excluding hydrogens is 342 g/mol. The first-order valence-electron chi connectivity index (χ1n) is 8.08. The van der Waals surface area contributed by atoms with E-state index in [2.05, 4.69) is 0 Å². The predicted molar refractivity (Wildman–Crippen MR) is 90.6 cm³/mol. The van der Waals surface area contributed by atoms with Crippen LogP contribution in [0.4, 0.5) is 8.78 Å². The van der Waals surface area contributed by atoms with Crippen LogP contribution in [0.25, 0.3) is 11.0 Å². The van der Waals surface area contributed by atoms with Crippen LogP contribution in [0.2, 0.25) is 0 Å². The first-order chi connectivity index (χ1) is 12.3. The van der Waals surface area contributed by atoms with E-state index in [9.17, 15) is 18.4 Å². The van der Waals surface area contributed by atoms with Crippen LogP contribution in [0.15, 0.2) is 39.5 Å². The molecule has 1 aliphatic rings. The number of benzene rings is 2. The Kier molecular flexibility index (Phi) is 3.64. The number of hydrogen-bond donors (Lipinski definition) is 0. The van der Waals surface area contributed by atoms with Crippen LogP contribution < -0.4 is 10.4 Å². The van der Waals surface area contributed by atoms with Gasteiger partial charge in [-0.1, -0.05) is 0 Å². The van der Waals surface area contributed by atoms with Crippen molar-refractivity contribution in [1.29, 1.82) is 0 Å². The Morgan fingerprint density at radius 1 is 1.04 bits per heavy atom. The summed E-state index contributed by atoms with van der Waals surface area (Å²) in [7, 11) is 0. The molecule has 4 rings (SSSR count). The largest absolute Gasteiger partial charge is 0.484 e. The molecule has 0 N–H and O–H groups in total. The molecule has 0 saturated heterocycles. The number of aryl methyl sites for hydroxylation is 2. The van der Waals surface area contributed by atoms with E-state index in [1.807, 2.05) is 0 Å². The second-order valence-electron chi connectivity index (χ2n) is 6.42.